The fraction of sp³-hybridized carbons (Fsp3) is 0.625. The summed E-state index contributed by atoms with van der Waals surface area (Å²) in [6.07, 6.45) is 0.556. The molecule has 0 bridgehead atoms. The molecular formula is C16H24N2OS. The number of hydrogen-bond acceptors (Lipinski definition) is 4. The van der Waals surface area contributed by atoms with Gasteiger partial charge in [-0.1, -0.05) is 11.8 Å². The van der Waals surface area contributed by atoms with Gasteiger partial charge >= 0.3 is 0 Å². The number of nitrogens with zero attached hydrogens (tertiary/aromatic N) is 2. The van der Waals surface area contributed by atoms with Crippen LogP contribution in [0.2, 0.25) is 0 Å². The largest absolute Gasteiger partial charge is 0.395 e. The molecule has 0 aliphatic carbocycles. The maximum absolute atomic E-state index is 8.73. The highest BCUT2D eigenvalue weighted by molar-refractivity contribution is 7.12. The van der Waals surface area contributed by atoms with Gasteiger partial charge in [-0.2, -0.15) is 0 Å². The molecule has 0 spiro atoms. The molecule has 0 saturated carbocycles. The van der Waals surface area contributed by atoms with Crippen molar-refractivity contribution in [3.63, 3.8) is 0 Å². The van der Waals surface area contributed by atoms with Crippen LogP contribution in [-0.4, -0.2) is 53.7 Å². The van der Waals surface area contributed by atoms with Crippen LogP contribution >= 0.6 is 11.3 Å². The lowest BCUT2D eigenvalue weighted by atomic mass is 10.1. The Morgan fingerprint density at radius 3 is 2.65 bits per heavy atom. The predicted octanol–water partition coefficient (Wildman–Crippen LogP) is 2.01. The number of thiophene rings is 1. The SMILES string of the molecule is CC1CN(Cc2ccc(C#CCCO)s2)CC(C)N1C. The zero-order valence-electron chi connectivity index (χ0n) is 12.6. The zero-order chi connectivity index (χ0) is 14.5. The highest BCUT2D eigenvalue weighted by Gasteiger charge is 2.26. The zero-order valence-corrected chi connectivity index (χ0v) is 13.4. The smallest absolute Gasteiger partial charge is 0.0771 e. The van der Waals surface area contributed by atoms with Gasteiger partial charge in [0.15, 0.2) is 0 Å². The maximum atomic E-state index is 8.73. The van der Waals surface area contributed by atoms with Crippen molar-refractivity contribution >= 4 is 11.3 Å². The van der Waals surface area contributed by atoms with E-state index in [-0.39, 0.29) is 6.61 Å². The highest BCUT2D eigenvalue weighted by Crippen LogP contribution is 2.21. The van der Waals surface area contributed by atoms with E-state index in [0.717, 1.165) is 24.5 Å². The molecule has 3 nitrogen and oxygen atoms in total. The fourth-order valence-electron chi connectivity index (χ4n) is 2.60. The normalized spacial score (nSPS) is 24.4. The number of piperazine rings is 1. The van der Waals surface area contributed by atoms with Gasteiger partial charge in [0, 0.05) is 43.0 Å². The van der Waals surface area contributed by atoms with E-state index in [9.17, 15) is 0 Å². The molecule has 0 amide bonds. The Balaban J connectivity index is 1.92. The first-order valence-electron chi connectivity index (χ1n) is 7.23. The van der Waals surface area contributed by atoms with Gasteiger partial charge in [-0.3, -0.25) is 9.80 Å². The van der Waals surface area contributed by atoms with E-state index in [2.05, 4.69) is 54.7 Å². The van der Waals surface area contributed by atoms with Crippen LogP contribution in [0, 0.1) is 11.8 Å². The quantitative estimate of drug-likeness (QED) is 0.863. The van der Waals surface area contributed by atoms with Crippen molar-refractivity contribution in [3.05, 3.63) is 21.9 Å². The average Bonchev–Trinajstić information content (AvgIpc) is 2.84. The second-order valence-corrected chi connectivity index (χ2v) is 6.77. The van der Waals surface area contributed by atoms with Gasteiger partial charge in [-0.25, -0.2) is 0 Å². The highest BCUT2D eigenvalue weighted by atomic mass is 32.1. The molecule has 1 saturated heterocycles. The number of aliphatic hydroxyl groups is 1. The molecule has 1 aliphatic rings. The second-order valence-electron chi connectivity index (χ2n) is 5.60. The maximum Gasteiger partial charge on any atom is 0.0771 e. The minimum atomic E-state index is 0.141. The summed E-state index contributed by atoms with van der Waals surface area (Å²) in [5.41, 5.74) is 0. The third-order valence-corrected chi connectivity index (χ3v) is 4.91. The van der Waals surface area contributed by atoms with Gasteiger partial charge in [-0.05, 0) is 33.0 Å². The monoisotopic (exact) mass is 292 g/mol. The van der Waals surface area contributed by atoms with Crippen LogP contribution in [0.5, 0.6) is 0 Å². The van der Waals surface area contributed by atoms with Gasteiger partial charge < -0.3 is 5.11 Å². The topological polar surface area (TPSA) is 26.7 Å². The van der Waals surface area contributed by atoms with Gasteiger partial charge in [0.05, 0.1) is 11.5 Å². The van der Waals surface area contributed by atoms with Crippen LogP contribution < -0.4 is 0 Å². The molecule has 2 unspecified atom stereocenters. The number of likely N-dealkylation sites (N-methyl/N-ethyl adjacent to an activating group) is 1. The van der Waals surface area contributed by atoms with E-state index >= 15 is 0 Å². The summed E-state index contributed by atoms with van der Waals surface area (Å²) >= 11 is 1.77. The van der Waals surface area contributed by atoms with Crippen LogP contribution in [0.3, 0.4) is 0 Å². The van der Waals surface area contributed by atoms with Crippen molar-refractivity contribution in [2.45, 2.75) is 38.9 Å². The summed E-state index contributed by atoms with van der Waals surface area (Å²) in [5, 5.41) is 8.73. The van der Waals surface area contributed by atoms with E-state index in [1.807, 2.05) is 0 Å². The Labute approximate surface area is 126 Å². The van der Waals surface area contributed by atoms with Crippen molar-refractivity contribution in [2.75, 3.05) is 26.7 Å². The second kappa shape index (κ2) is 7.24. The summed E-state index contributed by atoms with van der Waals surface area (Å²) in [6, 6.07) is 5.50. The molecule has 1 fully saturated rings. The molecule has 4 heteroatoms. The van der Waals surface area contributed by atoms with Crippen molar-refractivity contribution in [3.8, 4) is 11.8 Å². The van der Waals surface area contributed by atoms with Crippen LogP contribution in [0.4, 0.5) is 0 Å². The molecule has 2 atom stereocenters. The van der Waals surface area contributed by atoms with E-state index < -0.39 is 0 Å². The first-order valence-corrected chi connectivity index (χ1v) is 8.04. The van der Waals surface area contributed by atoms with Crippen LogP contribution in [-0.2, 0) is 6.54 Å². The molecule has 20 heavy (non-hydrogen) atoms. The molecule has 2 rings (SSSR count). The Morgan fingerprint density at radius 2 is 2.00 bits per heavy atom. The number of hydrogen-bond donors (Lipinski definition) is 1. The molecule has 0 radical (unpaired) electrons. The van der Waals surface area contributed by atoms with Gasteiger partial charge in [0.1, 0.15) is 0 Å². The van der Waals surface area contributed by atoms with E-state index in [0.29, 0.717) is 18.5 Å². The molecule has 1 aromatic heterocycles. The Hall–Kier alpha value is -0.860. The Morgan fingerprint density at radius 1 is 1.30 bits per heavy atom. The summed E-state index contributed by atoms with van der Waals surface area (Å²) in [7, 11) is 2.21. The molecule has 1 aromatic rings. The number of aliphatic hydroxyl groups excluding tert-OH is 1. The van der Waals surface area contributed by atoms with Gasteiger partial charge in [0.2, 0.25) is 0 Å². The van der Waals surface area contributed by atoms with Gasteiger partial charge in [0.25, 0.3) is 0 Å². The molecule has 1 aliphatic heterocycles. The standard InChI is InChI=1S/C16H24N2OS/c1-13-10-18(11-14(2)17(13)3)12-16-8-7-15(20-16)6-4-5-9-19/h7-8,13-14,19H,5,9-12H2,1-3H3. The van der Waals surface area contributed by atoms with Crippen molar-refractivity contribution < 1.29 is 5.11 Å². The fourth-order valence-corrected chi connectivity index (χ4v) is 3.52. The molecule has 1 N–H and O–H groups in total. The van der Waals surface area contributed by atoms with Crippen molar-refractivity contribution in [1.82, 2.24) is 9.80 Å². The van der Waals surface area contributed by atoms with E-state index in [1.54, 1.807) is 11.3 Å². The summed E-state index contributed by atoms with van der Waals surface area (Å²) in [5.74, 6) is 6.09. The Bertz CT molecular complexity index is 476. The van der Waals surface area contributed by atoms with Crippen molar-refractivity contribution in [2.24, 2.45) is 0 Å². The first kappa shape index (κ1) is 15.5. The summed E-state index contributed by atoms with van der Waals surface area (Å²) in [4.78, 5) is 7.47. The first-order chi connectivity index (χ1) is 9.60. The number of rotatable bonds is 3. The van der Waals surface area contributed by atoms with Crippen molar-refractivity contribution in [1.29, 1.82) is 0 Å². The summed E-state index contributed by atoms with van der Waals surface area (Å²) in [6.45, 7) is 8.01. The minimum Gasteiger partial charge on any atom is -0.395 e. The lowest BCUT2D eigenvalue weighted by molar-refractivity contribution is 0.0562. The molecule has 2 heterocycles. The van der Waals surface area contributed by atoms with E-state index in [4.69, 9.17) is 5.11 Å². The van der Waals surface area contributed by atoms with Crippen LogP contribution in [0.15, 0.2) is 12.1 Å². The third kappa shape index (κ3) is 4.07. The lowest BCUT2D eigenvalue weighted by Crippen LogP contribution is -2.54. The lowest BCUT2D eigenvalue weighted by Gasteiger charge is -2.42. The Kier molecular flexibility index (Phi) is 5.62. The van der Waals surface area contributed by atoms with E-state index in [1.165, 1.54) is 4.88 Å². The predicted molar refractivity (Wildman–Crippen MR) is 84.9 cm³/mol. The summed E-state index contributed by atoms with van der Waals surface area (Å²) < 4.78 is 0. The van der Waals surface area contributed by atoms with Crippen LogP contribution in [0.25, 0.3) is 0 Å². The van der Waals surface area contributed by atoms with Crippen LogP contribution in [0.1, 0.15) is 30.0 Å². The third-order valence-electron chi connectivity index (χ3n) is 3.92. The minimum absolute atomic E-state index is 0.141. The average molecular weight is 292 g/mol. The van der Waals surface area contributed by atoms with Gasteiger partial charge in [-0.15, -0.1) is 11.3 Å². The molecule has 0 aromatic carbocycles. The molecule has 110 valence electrons. The molecular weight excluding hydrogens is 268 g/mol.